The van der Waals surface area contributed by atoms with E-state index in [0.717, 1.165) is 6.54 Å². The molecule has 4 nitrogen and oxygen atoms in total. The number of aliphatic hydroxyl groups is 1. The third-order valence-corrected chi connectivity index (χ3v) is 4.23. The summed E-state index contributed by atoms with van der Waals surface area (Å²) in [4.78, 5) is 2.18. The standard InChI is InChI=1S/C14H30N2O2/c1-14(2)7-5-6-11(13(14)15)8-16(3)9-12(17)10-18-4/h11-13,17H,5-10,15H2,1-4H3. The lowest BCUT2D eigenvalue weighted by atomic mass is 9.68. The van der Waals surface area contributed by atoms with Gasteiger partial charge in [-0.3, -0.25) is 0 Å². The lowest BCUT2D eigenvalue weighted by Gasteiger charge is -2.43. The van der Waals surface area contributed by atoms with E-state index in [1.54, 1.807) is 7.11 Å². The first-order valence-electron chi connectivity index (χ1n) is 6.98. The van der Waals surface area contributed by atoms with Gasteiger partial charge in [0.25, 0.3) is 0 Å². The zero-order chi connectivity index (χ0) is 13.8. The Morgan fingerprint density at radius 2 is 2.17 bits per heavy atom. The van der Waals surface area contributed by atoms with E-state index in [0.29, 0.717) is 19.1 Å². The van der Waals surface area contributed by atoms with Crippen LogP contribution in [0.3, 0.4) is 0 Å². The highest BCUT2D eigenvalue weighted by molar-refractivity contribution is 4.92. The van der Waals surface area contributed by atoms with Crippen LogP contribution in [0.4, 0.5) is 0 Å². The summed E-state index contributed by atoms with van der Waals surface area (Å²) in [5, 5.41) is 9.72. The molecule has 1 fully saturated rings. The van der Waals surface area contributed by atoms with Crippen LogP contribution in [0.2, 0.25) is 0 Å². The predicted octanol–water partition coefficient (Wildman–Crippen LogP) is 1.08. The van der Waals surface area contributed by atoms with Gasteiger partial charge in [0, 0.05) is 26.2 Å². The lowest BCUT2D eigenvalue weighted by Crippen LogP contribution is -2.50. The van der Waals surface area contributed by atoms with Crippen molar-refractivity contribution in [3.8, 4) is 0 Å². The molecule has 0 amide bonds. The molecule has 0 saturated heterocycles. The second-order valence-corrected chi connectivity index (χ2v) is 6.50. The Morgan fingerprint density at radius 3 is 2.78 bits per heavy atom. The molecule has 1 rings (SSSR count). The summed E-state index contributed by atoms with van der Waals surface area (Å²) in [7, 11) is 3.66. The fourth-order valence-corrected chi connectivity index (χ4v) is 3.09. The first kappa shape index (κ1) is 15.9. The van der Waals surface area contributed by atoms with Gasteiger partial charge < -0.3 is 20.5 Å². The van der Waals surface area contributed by atoms with Crippen LogP contribution in [0, 0.1) is 11.3 Å². The largest absolute Gasteiger partial charge is 0.389 e. The first-order chi connectivity index (χ1) is 8.36. The highest BCUT2D eigenvalue weighted by atomic mass is 16.5. The van der Waals surface area contributed by atoms with Crippen LogP contribution in [0.15, 0.2) is 0 Å². The molecule has 0 heterocycles. The average Bonchev–Trinajstić information content (AvgIpc) is 2.25. The van der Waals surface area contributed by atoms with Crippen molar-refractivity contribution in [2.45, 2.75) is 45.3 Å². The molecule has 0 aliphatic heterocycles. The van der Waals surface area contributed by atoms with Crippen molar-refractivity contribution >= 4 is 0 Å². The Bertz CT molecular complexity index is 246. The highest BCUT2D eigenvalue weighted by Gasteiger charge is 2.36. The molecular weight excluding hydrogens is 228 g/mol. The zero-order valence-corrected chi connectivity index (χ0v) is 12.4. The Kier molecular flexibility index (Phi) is 6.05. The Labute approximate surface area is 111 Å². The van der Waals surface area contributed by atoms with Crippen LogP contribution >= 0.6 is 0 Å². The van der Waals surface area contributed by atoms with Gasteiger partial charge in [-0.25, -0.2) is 0 Å². The summed E-state index contributed by atoms with van der Waals surface area (Å²) >= 11 is 0. The fourth-order valence-electron chi connectivity index (χ4n) is 3.09. The van der Waals surface area contributed by atoms with Gasteiger partial charge in [0.15, 0.2) is 0 Å². The minimum atomic E-state index is -0.409. The van der Waals surface area contributed by atoms with Gasteiger partial charge in [0.1, 0.15) is 0 Å². The van der Waals surface area contributed by atoms with Gasteiger partial charge in [-0.05, 0) is 31.2 Å². The van der Waals surface area contributed by atoms with E-state index in [1.807, 2.05) is 7.05 Å². The highest BCUT2D eigenvalue weighted by Crippen LogP contribution is 2.37. The topological polar surface area (TPSA) is 58.7 Å². The third-order valence-electron chi connectivity index (χ3n) is 4.23. The lowest BCUT2D eigenvalue weighted by molar-refractivity contribution is 0.0330. The van der Waals surface area contributed by atoms with Crippen LogP contribution in [0.25, 0.3) is 0 Å². The first-order valence-corrected chi connectivity index (χ1v) is 6.98. The number of nitrogens with zero attached hydrogens (tertiary/aromatic N) is 1. The third kappa shape index (κ3) is 4.50. The van der Waals surface area contributed by atoms with Gasteiger partial charge in [0.05, 0.1) is 12.7 Å². The van der Waals surface area contributed by atoms with Crippen molar-refractivity contribution in [1.82, 2.24) is 4.90 Å². The van der Waals surface area contributed by atoms with Gasteiger partial charge in [-0.1, -0.05) is 20.3 Å². The summed E-state index contributed by atoms with van der Waals surface area (Å²) < 4.78 is 4.95. The molecule has 3 unspecified atom stereocenters. The Morgan fingerprint density at radius 1 is 1.50 bits per heavy atom. The van der Waals surface area contributed by atoms with Crippen LogP contribution in [0.1, 0.15) is 33.1 Å². The number of nitrogens with two attached hydrogens (primary N) is 1. The molecule has 1 aliphatic rings. The predicted molar refractivity (Wildman–Crippen MR) is 74.5 cm³/mol. The number of hydrogen-bond donors (Lipinski definition) is 2. The van der Waals surface area contributed by atoms with Gasteiger partial charge >= 0.3 is 0 Å². The molecule has 0 aromatic heterocycles. The molecule has 0 bridgehead atoms. The van der Waals surface area contributed by atoms with E-state index in [2.05, 4.69) is 18.7 Å². The summed E-state index contributed by atoms with van der Waals surface area (Å²) in [5.41, 5.74) is 6.63. The molecule has 3 atom stereocenters. The SMILES string of the molecule is COCC(O)CN(C)CC1CCCC(C)(C)C1N. The number of likely N-dealkylation sites (N-methyl/N-ethyl adjacent to an activating group) is 1. The van der Waals surface area contributed by atoms with Gasteiger partial charge in [-0.2, -0.15) is 0 Å². The van der Waals surface area contributed by atoms with Crippen LogP contribution in [-0.2, 0) is 4.74 Å². The van der Waals surface area contributed by atoms with Gasteiger partial charge in [-0.15, -0.1) is 0 Å². The number of ether oxygens (including phenoxy) is 1. The summed E-state index contributed by atoms with van der Waals surface area (Å²) in [6.07, 6.45) is 3.28. The molecule has 0 aromatic rings. The molecule has 3 N–H and O–H groups in total. The summed E-state index contributed by atoms with van der Waals surface area (Å²) in [5.74, 6) is 0.536. The maximum Gasteiger partial charge on any atom is 0.0899 e. The van der Waals surface area contributed by atoms with Crippen LogP contribution < -0.4 is 5.73 Å². The molecule has 0 radical (unpaired) electrons. The second kappa shape index (κ2) is 6.85. The van der Waals surface area contributed by atoms with Crippen molar-refractivity contribution < 1.29 is 9.84 Å². The maximum atomic E-state index is 9.72. The second-order valence-electron chi connectivity index (χ2n) is 6.50. The van der Waals surface area contributed by atoms with Crippen molar-refractivity contribution in [2.75, 3.05) is 33.9 Å². The van der Waals surface area contributed by atoms with Crippen LogP contribution in [0.5, 0.6) is 0 Å². The van der Waals surface area contributed by atoms with E-state index in [4.69, 9.17) is 10.5 Å². The molecule has 1 aliphatic carbocycles. The van der Waals surface area contributed by atoms with Crippen molar-refractivity contribution in [2.24, 2.45) is 17.1 Å². The van der Waals surface area contributed by atoms with E-state index in [1.165, 1.54) is 19.3 Å². The van der Waals surface area contributed by atoms with Crippen LogP contribution in [-0.4, -0.2) is 56.0 Å². The number of methoxy groups -OCH3 is 1. The van der Waals surface area contributed by atoms with E-state index in [-0.39, 0.29) is 11.5 Å². The number of aliphatic hydroxyl groups excluding tert-OH is 1. The Hall–Kier alpha value is -0.160. The zero-order valence-electron chi connectivity index (χ0n) is 12.4. The van der Waals surface area contributed by atoms with Crippen molar-refractivity contribution in [3.05, 3.63) is 0 Å². The van der Waals surface area contributed by atoms with E-state index < -0.39 is 6.10 Å². The minimum absolute atomic E-state index is 0.245. The quantitative estimate of drug-likeness (QED) is 0.748. The van der Waals surface area contributed by atoms with Crippen molar-refractivity contribution in [3.63, 3.8) is 0 Å². The van der Waals surface area contributed by atoms with Gasteiger partial charge in [0.2, 0.25) is 0 Å². The smallest absolute Gasteiger partial charge is 0.0899 e. The normalized spacial score (nSPS) is 29.5. The monoisotopic (exact) mass is 258 g/mol. The maximum absolute atomic E-state index is 9.72. The number of rotatable bonds is 6. The molecule has 0 spiro atoms. The van der Waals surface area contributed by atoms with E-state index >= 15 is 0 Å². The molecule has 4 heteroatoms. The summed E-state index contributed by atoms with van der Waals surface area (Å²) in [6.45, 7) is 6.54. The fraction of sp³-hybridized carbons (Fsp3) is 1.00. The summed E-state index contributed by atoms with van der Waals surface area (Å²) in [6, 6.07) is 0.258. The molecule has 18 heavy (non-hydrogen) atoms. The minimum Gasteiger partial charge on any atom is -0.389 e. The molecule has 108 valence electrons. The Balaban J connectivity index is 2.41. The number of hydrogen-bond acceptors (Lipinski definition) is 4. The molecular formula is C14H30N2O2. The van der Waals surface area contributed by atoms with E-state index in [9.17, 15) is 5.11 Å². The molecule has 1 saturated carbocycles. The van der Waals surface area contributed by atoms with Crippen molar-refractivity contribution in [1.29, 1.82) is 0 Å². The molecule has 0 aromatic carbocycles. The average molecular weight is 258 g/mol.